The van der Waals surface area contributed by atoms with Crippen molar-refractivity contribution in [2.45, 2.75) is 12.8 Å². The third-order valence-electron chi connectivity index (χ3n) is 2.52. The Balaban J connectivity index is 2.31. The van der Waals surface area contributed by atoms with Gasteiger partial charge in [0.25, 0.3) is 5.56 Å². The molecule has 5 nitrogen and oxygen atoms in total. The quantitative estimate of drug-likeness (QED) is 0.906. The summed E-state index contributed by atoms with van der Waals surface area (Å²) in [6, 6.07) is 7.29. The van der Waals surface area contributed by atoms with E-state index in [2.05, 4.69) is 21.0 Å². The highest BCUT2D eigenvalue weighted by Crippen LogP contribution is 2.13. The summed E-state index contributed by atoms with van der Waals surface area (Å²) in [5.41, 5.74) is 0.961. The molecule has 1 heterocycles. The number of aryl methyl sites for hydroxylation is 1. The van der Waals surface area contributed by atoms with E-state index >= 15 is 0 Å². The van der Waals surface area contributed by atoms with Crippen LogP contribution in [0.25, 0.3) is 5.69 Å². The third-order valence-corrected chi connectivity index (χ3v) is 3.01. The number of nitrogens with zero attached hydrogens (tertiary/aromatic N) is 1. The number of hydrogen-bond acceptors (Lipinski definition) is 2. The predicted molar refractivity (Wildman–Crippen MR) is 70.0 cm³/mol. The van der Waals surface area contributed by atoms with Crippen LogP contribution in [0.5, 0.6) is 0 Å². The van der Waals surface area contributed by atoms with E-state index in [-0.39, 0.29) is 18.4 Å². The van der Waals surface area contributed by atoms with E-state index in [1.165, 1.54) is 4.68 Å². The molecule has 0 saturated heterocycles. The normalized spacial score (nSPS) is 10.5. The Hall–Kier alpha value is -1.82. The monoisotopic (exact) mass is 310 g/mol. The Kier molecular flexibility index (Phi) is 3.66. The number of nitrogens with one attached hydrogen (secondary N) is 1. The van der Waals surface area contributed by atoms with Crippen LogP contribution in [0.1, 0.15) is 12.0 Å². The summed E-state index contributed by atoms with van der Waals surface area (Å²) in [5, 5.41) is 11.4. The number of benzene rings is 1. The van der Waals surface area contributed by atoms with E-state index in [4.69, 9.17) is 5.11 Å². The number of hydrogen-bond donors (Lipinski definition) is 2. The van der Waals surface area contributed by atoms with Crippen molar-refractivity contribution in [3.8, 4) is 5.69 Å². The second-order valence-electron chi connectivity index (χ2n) is 3.81. The lowest BCUT2D eigenvalue weighted by Crippen LogP contribution is -2.17. The third kappa shape index (κ3) is 2.70. The summed E-state index contributed by atoms with van der Waals surface area (Å²) in [7, 11) is 0. The lowest BCUT2D eigenvalue weighted by atomic mass is 10.2. The van der Waals surface area contributed by atoms with E-state index in [1.807, 2.05) is 12.1 Å². The first-order valence-electron chi connectivity index (χ1n) is 5.35. The van der Waals surface area contributed by atoms with Crippen molar-refractivity contribution >= 4 is 21.9 Å². The molecule has 0 radical (unpaired) electrons. The molecule has 0 atom stereocenters. The van der Waals surface area contributed by atoms with Gasteiger partial charge in [-0.2, -0.15) is 0 Å². The average Bonchev–Trinajstić information content (AvgIpc) is 2.68. The molecule has 0 bridgehead atoms. The fraction of sp³-hybridized carbons (Fsp3) is 0.167. The number of aliphatic carboxylic acids is 1. The smallest absolute Gasteiger partial charge is 0.303 e. The van der Waals surface area contributed by atoms with Crippen LogP contribution in [0.15, 0.2) is 39.7 Å². The molecule has 0 aliphatic carbocycles. The van der Waals surface area contributed by atoms with E-state index in [1.54, 1.807) is 18.3 Å². The number of H-pyrrole nitrogens is 1. The molecule has 2 N–H and O–H groups in total. The average molecular weight is 311 g/mol. The van der Waals surface area contributed by atoms with Crippen LogP contribution in [-0.2, 0) is 11.2 Å². The van der Waals surface area contributed by atoms with Crippen molar-refractivity contribution in [1.29, 1.82) is 0 Å². The van der Waals surface area contributed by atoms with E-state index in [0.717, 1.165) is 4.47 Å². The van der Waals surface area contributed by atoms with Gasteiger partial charge < -0.3 is 5.11 Å². The zero-order chi connectivity index (χ0) is 13.1. The molecule has 0 spiro atoms. The molecule has 2 rings (SSSR count). The summed E-state index contributed by atoms with van der Waals surface area (Å²) >= 11 is 3.33. The largest absolute Gasteiger partial charge is 0.481 e. The second kappa shape index (κ2) is 5.22. The number of rotatable bonds is 4. The Morgan fingerprint density at radius 2 is 2.22 bits per heavy atom. The number of halogens is 1. The minimum absolute atomic E-state index is 0.0500. The van der Waals surface area contributed by atoms with Gasteiger partial charge in [0.2, 0.25) is 0 Å². The van der Waals surface area contributed by atoms with Crippen molar-refractivity contribution in [2.24, 2.45) is 0 Å². The molecule has 6 heteroatoms. The van der Waals surface area contributed by atoms with Gasteiger partial charge in [-0.05, 0) is 24.6 Å². The molecular formula is C12H11BrN2O3. The lowest BCUT2D eigenvalue weighted by Gasteiger charge is -2.01. The molecule has 1 aromatic carbocycles. The van der Waals surface area contributed by atoms with Crippen LogP contribution in [-0.4, -0.2) is 20.9 Å². The number of carboxylic acid groups (broad SMARTS) is 1. The lowest BCUT2D eigenvalue weighted by molar-refractivity contribution is -0.136. The number of carbonyl (C=O) groups is 1. The Morgan fingerprint density at radius 3 is 2.89 bits per heavy atom. The Morgan fingerprint density at radius 1 is 1.44 bits per heavy atom. The van der Waals surface area contributed by atoms with Crippen molar-refractivity contribution in [3.05, 3.63) is 50.9 Å². The van der Waals surface area contributed by atoms with Gasteiger partial charge in [-0.3, -0.25) is 14.7 Å². The number of carboxylic acids is 1. The molecule has 0 saturated carbocycles. The van der Waals surface area contributed by atoms with Crippen LogP contribution in [0.2, 0.25) is 0 Å². The molecule has 0 amide bonds. The second-order valence-corrected chi connectivity index (χ2v) is 4.73. The fourth-order valence-corrected chi connectivity index (χ4v) is 2.02. The van der Waals surface area contributed by atoms with Crippen LogP contribution in [0.3, 0.4) is 0 Å². The maximum Gasteiger partial charge on any atom is 0.303 e. The standard InChI is InChI=1S/C12H11BrN2O3/c13-9-2-1-3-10(6-9)15-12(18)8(7-14-15)4-5-11(16)17/h1-3,6-7,14H,4-5H2,(H,16,17). The van der Waals surface area contributed by atoms with Crippen LogP contribution in [0.4, 0.5) is 0 Å². The van der Waals surface area contributed by atoms with Gasteiger partial charge in [0.15, 0.2) is 0 Å². The van der Waals surface area contributed by atoms with Crippen LogP contribution >= 0.6 is 15.9 Å². The highest BCUT2D eigenvalue weighted by Gasteiger charge is 2.09. The van der Waals surface area contributed by atoms with Crippen molar-refractivity contribution < 1.29 is 9.90 Å². The van der Waals surface area contributed by atoms with Crippen molar-refractivity contribution in [1.82, 2.24) is 9.78 Å². The molecule has 0 aliphatic heterocycles. The van der Waals surface area contributed by atoms with Crippen LogP contribution < -0.4 is 5.56 Å². The molecule has 2 aromatic rings. The van der Waals surface area contributed by atoms with E-state index in [0.29, 0.717) is 11.3 Å². The maximum absolute atomic E-state index is 12.0. The first-order chi connectivity index (χ1) is 8.58. The van der Waals surface area contributed by atoms with Crippen molar-refractivity contribution in [3.63, 3.8) is 0 Å². The summed E-state index contributed by atoms with van der Waals surface area (Å²) < 4.78 is 2.26. The highest BCUT2D eigenvalue weighted by atomic mass is 79.9. The minimum Gasteiger partial charge on any atom is -0.481 e. The predicted octanol–water partition coefficient (Wildman–Crippen LogP) is 1.95. The SMILES string of the molecule is O=C(O)CCc1c[nH]n(-c2cccc(Br)c2)c1=O. The Bertz CT molecular complexity index is 630. The Labute approximate surface area is 111 Å². The molecule has 0 aliphatic rings. The summed E-state index contributed by atoms with van der Waals surface area (Å²) in [6.45, 7) is 0. The topological polar surface area (TPSA) is 75.1 Å². The summed E-state index contributed by atoms with van der Waals surface area (Å²) in [4.78, 5) is 22.5. The first kappa shape index (κ1) is 12.6. The van der Waals surface area contributed by atoms with Gasteiger partial charge in [0.05, 0.1) is 5.69 Å². The highest BCUT2D eigenvalue weighted by molar-refractivity contribution is 9.10. The van der Waals surface area contributed by atoms with Gasteiger partial charge in [-0.15, -0.1) is 0 Å². The maximum atomic E-state index is 12.0. The van der Waals surface area contributed by atoms with Gasteiger partial charge in [-0.25, -0.2) is 4.68 Å². The fourth-order valence-electron chi connectivity index (χ4n) is 1.63. The number of aromatic nitrogens is 2. The first-order valence-corrected chi connectivity index (χ1v) is 6.14. The summed E-state index contributed by atoms with van der Waals surface area (Å²) in [5.74, 6) is -0.912. The molecule has 0 fully saturated rings. The van der Waals surface area contributed by atoms with Gasteiger partial charge >= 0.3 is 5.97 Å². The molecular weight excluding hydrogens is 300 g/mol. The van der Waals surface area contributed by atoms with Gasteiger partial charge in [0.1, 0.15) is 0 Å². The summed E-state index contributed by atoms with van der Waals surface area (Å²) in [6.07, 6.45) is 1.73. The van der Waals surface area contributed by atoms with Crippen LogP contribution in [0, 0.1) is 0 Å². The van der Waals surface area contributed by atoms with E-state index < -0.39 is 5.97 Å². The minimum atomic E-state index is -0.912. The van der Waals surface area contributed by atoms with Gasteiger partial charge in [0, 0.05) is 22.7 Å². The number of aromatic amines is 1. The molecule has 0 unspecified atom stereocenters. The van der Waals surface area contributed by atoms with E-state index in [9.17, 15) is 9.59 Å². The molecule has 18 heavy (non-hydrogen) atoms. The zero-order valence-corrected chi connectivity index (χ0v) is 11.0. The van der Waals surface area contributed by atoms with Gasteiger partial charge in [-0.1, -0.05) is 22.0 Å². The molecule has 94 valence electrons. The zero-order valence-electron chi connectivity index (χ0n) is 9.39. The van der Waals surface area contributed by atoms with Crippen molar-refractivity contribution in [2.75, 3.05) is 0 Å². The molecule has 1 aromatic heterocycles.